The zero-order valence-corrected chi connectivity index (χ0v) is 13.3. The fraction of sp³-hybridized carbons (Fsp3) is 0.625. The number of benzene rings is 1. The Hall–Kier alpha value is -1.04. The number of aryl methyl sites for hydroxylation is 1. The lowest BCUT2D eigenvalue weighted by Gasteiger charge is -2.33. The Kier molecular flexibility index (Phi) is 4.12. The number of hydrogen-bond donors (Lipinski definition) is 2. The standard InChI is InChI=1S/C16H24F2N2O/c1-9-6-10(13(18)7-12(9)17)14(20-19)11-8-15(2,3)21-16(11,4)5/h6-7,11,14,20H,8,19H2,1-5H3. The van der Waals surface area contributed by atoms with Crippen LogP contribution < -0.4 is 11.3 Å². The monoisotopic (exact) mass is 298 g/mol. The molecule has 1 heterocycles. The molecule has 2 atom stereocenters. The summed E-state index contributed by atoms with van der Waals surface area (Å²) in [6.07, 6.45) is 0.741. The molecule has 0 saturated carbocycles. The van der Waals surface area contributed by atoms with E-state index in [0.717, 1.165) is 12.5 Å². The lowest BCUT2D eigenvalue weighted by molar-refractivity contribution is -0.0779. The molecule has 21 heavy (non-hydrogen) atoms. The van der Waals surface area contributed by atoms with Gasteiger partial charge in [-0.05, 0) is 52.7 Å². The Morgan fingerprint density at radius 3 is 2.33 bits per heavy atom. The van der Waals surface area contributed by atoms with Crippen LogP contribution in [-0.2, 0) is 4.74 Å². The molecular weight excluding hydrogens is 274 g/mol. The minimum atomic E-state index is -0.582. The smallest absolute Gasteiger partial charge is 0.130 e. The van der Waals surface area contributed by atoms with Crippen molar-refractivity contribution in [2.45, 2.75) is 58.3 Å². The van der Waals surface area contributed by atoms with E-state index in [9.17, 15) is 8.78 Å². The lowest BCUT2D eigenvalue weighted by Crippen LogP contribution is -2.41. The molecule has 1 aliphatic rings. The molecule has 118 valence electrons. The van der Waals surface area contributed by atoms with Crippen LogP contribution in [0.1, 0.15) is 51.3 Å². The minimum absolute atomic E-state index is 0.0168. The zero-order valence-electron chi connectivity index (χ0n) is 13.3. The van der Waals surface area contributed by atoms with Crippen molar-refractivity contribution in [1.82, 2.24) is 5.43 Å². The van der Waals surface area contributed by atoms with E-state index >= 15 is 0 Å². The molecule has 0 aromatic heterocycles. The van der Waals surface area contributed by atoms with Gasteiger partial charge in [-0.1, -0.05) is 0 Å². The van der Waals surface area contributed by atoms with Gasteiger partial charge in [0.25, 0.3) is 0 Å². The molecule has 2 rings (SSSR count). The predicted octanol–water partition coefficient (Wildman–Crippen LogP) is 3.37. The van der Waals surface area contributed by atoms with E-state index in [2.05, 4.69) is 5.43 Å². The van der Waals surface area contributed by atoms with Gasteiger partial charge in [-0.3, -0.25) is 11.3 Å². The van der Waals surface area contributed by atoms with Gasteiger partial charge in [-0.2, -0.15) is 0 Å². The fourth-order valence-corrected chi connectivity index (χ4v) is 3.46. The van der Waals surface area contributed by atoms with Gasteiger partial charge in [-0.25, -0.2) is 8.78 Å². The first-order valence-corrected chi connectivity index (χ1v) is 7.19. The molecule has 1 aliphatic heterocycles. The van der Waals surface area contributed by atoms with Crippen molar-refractivity contribution in [1.29, 1.82) is 0 Å². The SMILES string of the molecule is Cc1cc(C(NN)C2CC(C)(C)OC2(C)C)c(F)cc1F. The first-order valence-electron chi connectivity index (χ1n) is 7.19. The van der Waals surface area contributed by atoms with E-state index in [-0.39, 0.29) is 11.5 Å². The molecule has 3 nitrogen and oxygen atoms in total. The minimum Gasteiger partial charge on any atom is -0.369 e. The molecule has 0 aliphatic carbocycles. The van der Waals surface area contributed by atoms with E-state index in [1.165, 1.54) is 6.07 Å². The normalized spacial score (nSPS) is 25.0. The average Bonchev–Trinajstić information content (AvgIpc) is 2.55. The highest BCUT2D eigenvalue weighted by atomic mass is 19.1. The largest absolute Gasteiger partial charge is 0.369 e. The Balaban J connectivity index is 2.43. The third-order valence-electron chi connectivity index (χ3n) is 4.34. The zero-order chi connectivity index (χ0) is 16.0. The van der Waals surface area contributed by atoms with Crippen molar-refractivity contribution in [2.75, 3.05) is 0 Å². The van der Waals surface area contributed by atoms with Gasteiger partial charge in [0, 0.05) is 17.5 Å². The summed E-state index contributed by atoms with van der Waals surface area (Å²) in [4.78, 5) is 0. The summed E-state index contributed by atoms with van der Waals surface area (Å²) in [5, 5.41) is 0. The maximum absolute atomic E-state index is 14.2. The molecule has 0 spiro atoms. The first kappa shape index (κ1) is 16.3. The lowest BCUT2D eigenvalue weighted by atomic mass is 9.79. The van der Waals surface area contributed by atoms with Crippen LogP contribution >= 0.6 is 0 Å². The molecule has 5 heteroatoms. The van der Waals surface area contributed by atoms with E-state index < -0.39 is 23.3 Å². The molecule has 1 fully saturated rings. The molecule has 1 saturated heterocycles. The molecule has 1 aromatic carbocycles. The molecular formula is C16H24F2N2O. The predicted molar refractivity (Wildman–Crippen MR) is 78.5 cm³/mol. The number of halogens is 2. The van der Waals surface area contributed by atoms with Gasteiger partial charge >= 0.3 is 0 Å². The maximum Gasteiger partial charge on any atom is 0.130 e. The van der Waals surface area contributed by atoms with Crippen LogP contribution in [0.2, 0.25) is 0 Å². The van der Waals surface area contributed by atoms with Gasteiger partial charge in [0.2, 0.25) is 0 Å². The van der Waals surface area contributed by atoms with Crippen molar-refractivity contribution in [3.05, 3.63) is 34.9 Å². The molecule has 2 unspecified atom stereocenters. The first-order chi connectivity index (χ1) is 9.57. The van der Waals surface area contributed by atoms with Gasteiger partial charge in [-0.15, -0.1) is 0 Å². The number of hydrogen-bond acceptors (Lipinski definition) is 3. The third kappa shape index (κ3) is 3.10. The Bertz CT molecular complexity index is 543. The third-order valence-corrected chi connectivity index (χ3v) is 4.34. The van der Waals surface area contributed by atoms with Crippen LogP contribution in [0.15, 0.2) is 12.1 Å². The number of ether oxygens (including phenoxy) is 1. The second-order valence-electron chi connectivity index (χ2n) is 7.04. The highest BCUT2D eigenvalue weighted by molar-refractivity contribution is 5.29. The van der Waals surface area contributed by atoms with Crippen molar-refractivity contribution >= 4 is 0 Å². The molecule has 0 amide bonds. The van der Waals surface area contributed by atoms with Gasteiger partial charge in [0.15, 0.2) is 0 Å². The van der Waals surface area contributed by atoms with E-state index in [0.29, 0.717) is 11.1 Å². The summed E-state index contributed by atoms with van der Waals surface area (Å²) in [5.74, 6) is 4.54. The molecule has 3 N–H and O–H groups in total. The van der Waals surface area contributed by atoms with Crippen LogP contribution in [0.5, 0.6) is 0 Å². The van der Waals surface area contributed by atoms with Crippen molar-refractivity contribution in [3.8, 4) is 0 Å². The van der Waals surface area contributed by atoms with Crippen molar-refractivity contribution in [2.24, 2.45) is 11.8 Å². The summed E-state index contributed by atoms with van der Waals surface area (Å²) < 4.78 is 33.7. The Labute approximate surface area is 124 Å². The average molecular weight is 298 g/mol. The number of hydrazine groups is 1. The summed E-state index contributed by atoms with van der Waals surface area (Å²) in [5.41, 5.74) is 2.74. The number of nitrogens with two attached hydrogens (primary N) is 1. The van der Waals surface area contributed by atoms with E-state index in [1.54, 1.807) is 6.92 Å². The van der Waals surface area contributed by atoms with Crippen LogP contribution in [0.25, 0.3) is 0 Å². The number of nitrogens with one attached hydrogen (secondary N) is 1. The summed E-state index contributed by atoms with van der Waals surface area (Å²) in [7, 11) is 0. The summed E-state index contributed by atoms with van der Waals surface area (Å²) >= 11 is 0. The van der Waals surface area contributed by atoms with Crippen LogP contribution in [0, 0.1) is 24.5 Å². The topological polar surface area (TPSA) is 47.3 Å². The van der Waals surface area contributed by atoms with Gasteiger partial charge in [0.1, 0.15) is 11.6 Å². The Morgan fingerprint density at radius 2 is 1.86 bits per heavy atom. The quantitative estimate of drug-likeness (QED) is 0.664. The van der Waals surface area contributed by atoms with Gasteiger partial charge < -0.3 is 4.74 Å². The highest BCUT2D eigenvalue weighted by Gasteiger charge is 2.49. The molecule has 1 aromatic rings. The van der Waals surface area contributed by atoms with Crippen molar-refractivity contribution in [3.63, 3.8) is 0 Å². The second kappa shape index (κ2) is 5.30. The molecule has 0 bridgehead atoms. The van der Waals surface area contributed by atoms with Crippen LogP contribution in [0.4, 0.5) is 8.78 Å². The van der Waals surface area contributed by atoms with Crippen LogP contribution in [-0.4, -0.2) is 11.2 Å². The van der Waals surface area contributed by atoms with E-state index in [1.807, 2.05) is 27.7 Å². The van der Waals surface area contributed by atoms with Crippen LogP contribution in [0.3, 0.4) is 0 Å². The summed E-state index contributed by atoms with van der Waals surface area (Å²) in [6.45, 7) is 9.59. The van der Waals surface area contributed by atoms with Gasteiger partial charge in [0.05, 0.1) is 17.2 Å². The van der Waals surface area contributed by atoms with E-state index in [4.69, 9.17) is 10.6 Å². The second-order valence-corrected chi connectivity index (χ2v) is 7.04. The fourth-order valence-electron chi connectivity index (χ4n) is 3.46. The highest BCUT2D eigenvalue weighted by Crippen LogP contribution is 2.47. The maximum atomic E-state index is 14.2. The summed E-state index contributed by atoms with van der Waals surface area (Å²) in [6, 6.07) is 2.01. The number of rotatable bonds is 3. The molecule has 0 radical (unpaired) electrons. The Morgan fingerprint density at radius 1 is 1.24 bits per heavy atom. The van der Waals surface area contributed by atoms with Crippen molar-refractivity contribution < 1.29 is 13.5 Å².